The first kappa shape index (κ1) is 4.13. The summed E-state index contributed by atoms with van der Waals surface area (Å²) in [6, 6.07) is 0. The maximum atomic E-state index is 4.82. The van der Waals surface area contributed by atoms with Gasteiger partial charge in [-0.05, 0) is 6.42 Å². The fourth-order valence-corrected chi connectivity index (χ4v) is 0.476. The fourth-order valence-electron chi connectivity index (χ4n) is 0.476. The van der Waals surface area contributed by atoms with Crippen molar-refractivity contribution in [3.63, 3.8) is 0 Å². The van der Waals surface area contributed by atoms with Crippen molar-refractivity contribution in [2.45, 2.75) is 25.9 Å². The van der Waals surface area contributed by atoms with Crippen LogP contribution in [0.2, 0.25) is 0 Å². The third-order valence-corrected chi connectivity index (χ3v) is 0.902. The van der Waals surface area contributed by atoms with E-state index in [0.29, 0.717) is 6.10 Å². The van der Waals surface area contributed by atoms with E-state index in [4.69, 9.17) is 4.74 Å². The number of epoxide rings is 1. The molecule has 0 amide bonds. The van der Waals surface area contributed by atoms with E-state index in [1.807, 2.05) is 6.61 Å². The largest absolute Gasteiger partial charge is 0.367 e. The maximum absolute atomic E-state index is 4.82. The van der Waals surface area contributed by atoms with Gasteiger partial charge in [0, 0.05) is 0 Å². The smallest absolute Gasteiger partial charge is 0.113 e. The average Bonchev–Trinajstić information content (AvgIpc) is 2.21. The van der Waals surface area contributed by atoms with Gasteiger partial charge in [-0.2, -0.15) is 0 Å². The van der Waals surface area contributed by atoms with Gasteiger partial charge in [-0.25, -0.2) is 0 Å². The molecular formula is C5H9O. The van der Waals surface area contributed by atoms with Crippen LogP contribution in [-0.2, 0) is 4.74 Å². The van der Waals surface area contributed by atoms with E-state index in [2.05, 4.69) is 6.92 Å². The zero-order valence-corrected chi connectivity index (χ0v) is 3.98. The molecule has 1 saturated heterocycles. The lowest BCUT2D eigenvalue weighted by Gasteiger charge is -1.79. The van der Waals surface area contributed by atoms with Gasteiger partial charge in [0.2, 0.25) is 0 Å². The minimum atomic E-state index is 0.523. The molecule has 1 heterocycles. The van der Waals surface area contributed by atoms with Gasteiger partial charge in [-0.15, -0.1) is 0 Å². The molecule has 1 radical (unpaired) electrons. The molecule has 0 aromatic rings. The zero-order valence-electron chi connectivity index (χ0n) is 3.98. The van der Waals surface area contributed by atoms with E-state index in [1.165, 1.54) is 12.8 Å². The Morgan fingerprint density at radius 2 is 2.50 bits per heavy atom. The highest BCUT2D eigenvalue weighted by molar-refractivity contribution is 4.81. The summed E-state index contributed by atoms with van der Waals surface area (Å²) in [5.74, 6) is 0. The molecule has 0 saturated carbocycles. The van der Waals surface area contributed by atoms with Crippen LogP contribution in [0.1, 0.15) is 19.8 Å². The average molecular weight is 85.1 g/mol. The second-order valence-electron chi connectivity index (χ2n) is 1.60. The molecule has 0 spiro atoms. The SMILES string of the molecule is CCCC1[CH]O1. The van der Waals surface area contributed by atoms with Crippen molar-refractivity contribution in [1.82, 2.24) is 0 Å². The quantitative estimate of drug-likeness (QED) is 0.461. The highest BCUT2D eigenvalue weighted by Crippen LogP contribution is 2.20. The standard InChI is InChI=1S/C5H9O/c1-2-3-5-4-6-5/h4-5H,2-3H2,1H3. The van der Waals surface area contributed by atoms with E-state index in [9.17, 15) is 0 Å². The molecule has 0 aromatic carbocycles. The minimum absolute atomic E-state index is 0.523. The second-order valence-corrected chi connectivity index (χ2v) is 1.60. The van der Waals surface area contributed by atoms with Crippen LogP contribution in [0.3, 0.4) is 0 Å². The van der Waals surface area contributed by atoms with Crippen molar-refractivity contribution in [2.24, 2.45) is 0 Å². The lowest BCUT2D eigenvalue weighted by molar-refractivity contribution is 0.409. The summed E-state index contributed by atoms with van der Waals surface area (Å²) in [7, 11) is 0. The fraction of sp³-hybridized carbons (Fsp3) is 0.800. The summed E-state index contributed by atoms with van der Waals surface area (Å²) < 4.78 is 4.82. The van der Waals surface area contributed by atoms with Crippen LogP contribution in [-0.4, -0.2) is 6.10 Å². The molecule has 1 aliphatic rings. The first-order valence-corrected chi connectivity index (χ1v) is 2.42. The van der Waals surface area contributed by atoms with E-state index in [0.717, 1.165) is 0 Å². The monoisotopic (exact) mass is 85.1 g/mol. The van der Waals surface area contributed by atoms with Crippen LogP contribution < -0.4 is 0 Å². The maximum Gasteiger partial charge on any atom is 0.113 e. The summed E-state index contributed by atoms with van der Waals surface area (Å²) >= 11 is 0. The zero-order chi connectivity index (χ0) is 4.41. The Hall–Kier alpha value is -0.0400. The second kappa shape index (κ2) is 1.61. The number of hydrogen-bond donors (Lipinski definition) is 0. The molecule has 1 heteroatoms. The molecule has 0 aliphatic carbocycles. The molecule has 1 rings (SSSR count). The summed E-state index contributed by atoms with van der Waals surface area (Å²) in [6.07, 6.45) is 2.97. The molecule has 1 unspecified atom stereocenters. The number of rotatable bonds is 2. The molecule has 1 nitrogen and oxygen atoms in total. The van der Waals surface area contributed by atoms with Crippen molar-refractivity contribution in [1.29, 1.82) is 0 Å². The van der Waals surface area contributed by atoms with E-state index in [-0.39, 0.29) is 0 Å². The molecule has 35 valence electrons. The lowest BCUT2D eigenvalue weighted by atomic mass is 10.3. The van der Waals surface area contributed by atoms with Crippen LogP contribution in [0.4, 0.5) is 0 Å². The van der Waals surface area contributed by atoms with Crippen LogP contribution in [0, 0.1) is 6.61 Å². The first-order valence-electron chi connectivity index (χ1n) is 2.42. The highest BCUT2D eigenvalue weighted by atomic mass is 16.6. The van der Waals surface area contributed by atoms with Crippen molar-refractivity contribution in [3.8, 4) is 0 Å². The Kier molecular flexibility index (Phi) is 1.10. The Bertz CT molecular complexity index is 39.2. The summed E-state index contributed by atoms with van der Waals surface area (Å²) in [5.41, 5.74) is 0. The number of hydrogen-bond acceptors (Lipinski definition) is 1. The van der Waals surface area contributed by atoms with Crippen molar-refractivity contribution >= 4 is 0 Å². The Labute approximate surface area is 38.3 Å². The Morgan fingerprint density at radius 3 is 2.67 bits per heavy atom. The van der Waals surface area contributed by atoms with E-state index < -0.39 is 0 Å². The van der Waals surface area contributed by atoms with Crippen molar-refractivity contribution < 1.29 is 4.74 Å². The summed E-state index contributed by atoms with van der Waals surface area (Å²) in [6.45, 7) is 4.04. The predicted molar refractivity (Wildman–Crippen MR) is 24.1 cm³/mol. The van der Waals surface area contributed by atoms with Gasteiger partial charge in [0.1, 0.15) is 6.61 Å². The van der Waals surface area contributed by atoms with E-state index in [1.54, 1.807) is 0 Å². The molecular weight excluding hydrogens is 76.1 g/mol. The Balaban J connectivity index is 1.88. The van der Waals surface area contributed by atoms with Gasteiger partial charge in [0.25, 0.3) is 0 Å². The lowest BCUT2D eigenvalue weighted by Crippen LogP contribution is -1.77. The molecule has 0 aromatic heterocycles. The highest BCUT2D eigenvalue weighted by Gasteiger charge is 2.21. The Morgan fingerprint density at radius 1 is 1.83 bits per heavy atom. The minimum Gasteiger partial charge on any atom is -0.367 e. The summed E-state index contributed by atoms with van der Waals surface area (Å²) in [5, 5.41) is 0. The van der Waals surface area contributed by atoms with Crippen LogP contribution in [0.5, 0.6) is 0 Å². The third-order valence-electron chi connectivity index (χ3n) is 0.902. The van der Waals surface area contributed by atoms with Crippen molar-refractivity contribution in [3.05, 3.63) is 6.61 Å². The molecule has 6 heavy (non-hydrogen) atoms. The molecule has 1 fully saturated rings. The number of ether oxygens (including phenoxy) is 1. The molecule has 0 N–H and O–H groups in total. The molecule has 0 bridgehead atoms. The predicted octanol–water partition coefficient (Wildman–Crippen LogP) is 1.35. The molecule has 1 atom stereocenters. The van der Waals surface area contributed by atoms with Gasteiger partial charge in [0.15, 0.2) is 0 Å². The van der Waals surface area contributed by atoms with Gasteiger partial charge in [-0.3, -0.25) is 0 Å². The van der Waals surface area contributed by atoms with Crippen molar-refractivity contribution in [2.75, 3.05) is 0 Å². The topological polar surface area (TPSA) is 12.5 Å². The molecule has 1 aliphatic heterocycles. The van der Waals surface area contributed by atoms with Gasteiger partial charge < -0.3 is 4.74 Å². The van der Waals surface area contributed by atoms with Crippen LogP contribution >= 0.6 is 0 Å². The van der Waals surface area contributed by atoms with E-state index >= 15 is 0 Å². The van der Waals surface area contributed by atoms with Crippen LogP contribution in [0.25, 0.3) is 0 Å². The summed E-state index contributed by atoms with van der Waals surface area (Å²) in [4.78, 5) is 0. The third kappa shape index (κ3) is 0.977. The van der Waals surface area contributed by atoms with Gasteiger partial charge in [-0.1, -0.05) is 13.3 Å². The van der Waals surface area contributed by atoms with Crippen LogP contribution in [0.15, 0.2) is 0 Å². The normalized spacial score (nSPS) is 30.5. The van der Waals surface area contributed by atoms with Gasteiger partial charge >= 0.3 is 0 Å². The first-order chi connectivity index (χ1) is 2.93. The van der Waals surface area contributed by atoms with Gasteiger partial charge in [0.05, 0.1) is 6.10 Å².